The topological polar surface area (TPSA) is 63.2 Å². The second-order valence-corrected chi connectivity index (χ2v) is 8.15. The van der Waals surface area contributed by atoms with Crippen molar-refractivity contribution in [2.75, 3.05) is 6.54 Å². The molecule has 2 aromatic rings. The lowest BCUT2D eigenvalue weighted by Gasteiger charge is -2.20. The van der Waals surface area contributed by atoms with E-state index in [1.165, 1.54) is 27.8 Å². The van der Waals surface area contributed by atoms with Crippen LogP contribution in [0.1, 0.15) is 23.4 Å². The lowest BCUT2D eigenvalue weighted by atomic mass is 10.4. The first-order valence-corrected chi connectivity index (χ1v) is 9.11. The molecule has 1 heterocycles. The van der Waals surface area contributed by atoms with Gasteiger partial charge in [0.05, 0.1) is 11.4 Å². The van der Waals surface area contributed by atoms with Crippen molar-refractivity contribution in [2.45, 2.75) is 31.7 Å². The quantitative estimate of drug-likeness (QED) is 0.807. The number of nitrogens with zero attached hydrogens (tertiary/aromatic N) is 3. The van der Waals surface area contributed by atoms with Gasteiger partial charge in [0.1, 0.15) is 10.0 Å². The average molecular weight is 346 g/mol. The summed E-state index contributed by atoms with van der Waals surface area (Å²) in [6, 6.07) is 6.19. The molecular formula is C13H16ClN3O2S2. The summed E-state index contributed by atoms with van der Waals surface area (Å²) >= 11 is 7.22. The Morgan fingerprint density at radius 1 is 1.24 bits per heavy atom. The van der Waals surface area contributed by atoms with Gasteiger partial charge in [-0.05, 0) is 37.6 Å². The Morgan fingerprint density at radius 3 is 2.43 bits per heavy atom. The summed E-state index contributed by atoms with van der Waals surface area (Å²) in [5.74, 6) is 0. The predicted molar refractivity (Wildman–Crippen MR) is 84.0 cm³/mol. The van der Waals surface area contributed by atoms with Crippen molar-refractivity contribution in [3.63, 3.8) is 0 Å². The molecule has 1 aromatic carbocycles. The molecule has 114 valence electrons. The zero-order valence-corrected chi connectivity index (χ0v) is 14.2. The van der Waals surface area contributed by atoms with E-state index in [-0.39, 0.29) is 11.4 Å². The average Bonchev–Trinajstić information content (AvgIpc) is 2.84. The molecular weight excluding hydrogens is 330 g/mol. The number of benzene rings is 1. The van der Waals surface area contributed by atoms with Crippen molar-refractivity contribution in [1.82, 2.24) is 14.5 Å². The van der Waals surface area contributed by atoms with Crippen LogP contribution < -0.4 is 0 Å². The lowest BCUT2D eigenvalue weighted by molar-refractivity contribution is 0.404. The van der Waals surface area contributed by atoms with Gasteiger partial charge in [-0.25, -0.2) is 8.42 Å². The molecule has 1 aromatic heterocycles. The van der Waals surface area contributed by atoms with Crippen LogP contribution in [0.3, 0.4) is 0 Å². The van der Waals surface area contributed by atoms with Gasteiger partial charge in [0.25, 0.3) is 0 Å². The first kappa shape index (κ1) is 16.4. The van der Waals surface area contributed by atoms with Crippen LogP contribution >= 0.6 is 22.9 Å². The van der Waals surface area contributed by atoms with E-state index in [4.69, 9.17) is 11.6 Å². The van der Waals surface area contributed by atoms with Crippen LogP contribution in [-0.2, 0) is 16.6 Å². The van der Waals surface area contributed by atoms with Crippen LogP contribution in [0, 0.1) is 6.92 Å². The van der Waals surface area contributed by atoms with Gasteiger partial charge in [-0.15, -0.1) is 21.5 Å². The van der Waals surface area contributed by atoms with Crippen molar-refractivity contribution < 1.29 is 8.42 Å². The summed E-state index contributed by atoms with van der Waals surface area (Å²) in [5.41, 5.74) is 0. The smallest absolute Gasteiger partial charge is 0.207 e. The third-order valence-corrected chi connectivity index (χ3v) is 5.74. The van der Waals surface area contributed by atoms with Crippen LogP contribution in [0.2, 0.25) is 5.02 Å². The molecule has 0 aliphatic carbocycles. The predicted octanol–water partition coefficient (Wildman–Crippen LogP) is 3.10. The molecule has 0 aliphatic heterocycles. The number of rotatable bonds is 6. The first-order valence-electron chi connectivity index (χ1n) is 6.48. The van der Waals surface area contributed by atoms with E-state index in [0.29, 0.717) is 16.6 Å². The Balaban J connectivity index is 2.29. The minimum absolute atomic E-state index is 0.238. The Hall–Kier alpha value is -1.02. The Kier molecular flexibility index (Phi) is 5.32. The normalized spacial score (nSPS) is 12.0. The molecule has 0 saturated heterocycles. The molecule has 0 saturated carbocycles. The zero-order valence-electron chi connectivity index (χ0n) is 11.8. The number of aromatic nitrogens is 2. The van der Waals surface area contributed by atoms with E-state index < -0.39 is 10.0 Å². The second kappa shape index (κ2) is 6.83. The van der Waals surface area contributed by atoms with Gasteiger partial charge >= 0.3 is 0 Å². The summed E-state index contributed by atoms with van der Waals surface area (Å²) in [6.45, 7) is 4.46. The summed E-state index contributed by atoms with van der Waals surface area (Å²) in [6.07, 6.45) is 0.727. The molecule has 0 aliphatic rings. The van der Waals surface area contributed by atoms with Gasteiger partial charge in [0.15, 0.2) is 0 Å². The largest absolute Gasteiger partial charge is 0.243 e. The minimum Gasteiger partial charge on any atom is -0.207 e. The Bertz CT molecular complexity index is 698. The van der Waals surface area contributed by atoms with E-state index >= 15 is 0 Å². The highest BCUT2D eigenvalue weighted by atomic mass is 35.5. The Labute approximate surface area is 133 Å². The highest BCUT2D eigenvalue weighted by Crippen LogP contribution is 2.21. The summed E-state index contributed by atoms with van der Waals surface area (Å²) in [7, 11) is -3.56. The van der Waals surface area contributed by atoms with E-state index in [1.54, 1.807) is 12.1 Å². The SMILES string of the molecule is CCCN(Cc1nnc(C)s1)S(=O)(=O)c1ccc(Cl)cc1. The molecule has 21 heavy (non-hydrogen) atoms. The van der Waals surface area contributed by atoms with E-state index in [2.05, 4.69) is 10.2 Å². The number of hydrogen-bond acceptors (Lipinski definition) is 5. The first-order chi connectivity index (χ1) is 9.93. The lowest BCUT2D eigenvalue weighted by Crippen LogP contribution is -2.31. The minimum atomic E-state index is -3.56. The molecule has 5 nitrogen and oxygen atoms in total. The van der Waals surface area contributed by atoms with Crippen molar-refractivity contribution >= 4 is 33.0 Å². The summed E-state index contributed by atoms with van der Waals surface area (Å²) in [4.78, 5) is 0.238. The van der Waals surface area contributed by atoms with Crippen LogP contribution in [0.4, 0.5) is 0 Å². The van der Waals surface area contributed by atoms with Crippen LogP contribution in [-0.4, -0.2) is 29.5 Å². The van der Waals surface area contributed by atoms with E-state index in [1.807, 2.05) is 13.8 Å². The second-order valence-electron chi connectivity index (χ2n) is 4.51. The molecule has 0 radical (unpaired) electrons. The summed E-state index contributed by atoms with van der Waals surface area (Å²) < 4.78 is 26.8. The highest BCUT2D eigenvalue weighted by molar-refractivity contribution is 7.89. The third-order valence-electron chi connectivity index (χ3n) is 2.80. The monoisotopic (exact) mass is 345 g/mol. The maximum absolute atomic E-state index is 12.7. The number of hydrogen-bond donors (Lipinski definition) is 0. The van der Waals surface area contributed by atoms with Gasteiger partial charge in [0.2, 0.25) is 10.0 Å². The third kappa shape index (κ3) is 4.00. The van der Waals surface area contributed by atoms with Gasteiger partial charge in [0, 0.05) is 11.6 Å². The molecule has 0 N–H and O–H groups in total. The molecule has 0 atom stereocenters. The number of halogens is 1. The fourth-order valence-electron chi connectivity index (χ4n) is 1.84. The molecule has 2 rings (SSSR count). The van der Waals surface area contributed by atoms with Gasteiger partial charge in [-0.3, -0.25) is 0 Å². The fraction of sp³-hybridized carbons (Fsp3) is 0.385. The fourth-order valence-corrected chi connectivity index (χ4v) is 4.27. The number of aryl methyl sites for hydroxylation is 1. The summed E-state index contributed by atoms with van der Waals surface area (Å²) in [5, 5.41) is 9.95. The molecule has 8 heteroatoms. The van der Waals surface area contributed by atoms with Crippen molar-refractivity contribution in [3.05, 3.63) is 39.3 Å². The van der Waals surface area contributed by atoms with Crippen LogP contribution in [0.15, 0.2) is 29.2 Å². The molecule has 0 fully saturated rings. The zero-order chi connectivity index (χ0) is 15.5. The van der Waals surface area contributed by atoms with Crippen LogP contribution in [0.25, 0.3) is 0 Å². The van der Waals surface area contributed by atoms with Gasteiger partial charge < -0.3 is 0 Å². The van der Waals surface area contributed by atoms with Crippen molar-refractivity contribution in [3.8, 4) is 0 Å². The van der Waals surface area contributed by atoms with Gasteiger partial charge in [-0.1, -0.05) is 18.5 Å². The van der Waals surface area contributed by atoms with E-state index in [9.17, 15) is 8.42 Å². The van der Waals surface area contributed by atoms with Crippen molar-refractivity contribution in [2.24, 2.45) is 0 Å². The molecule has 0 unspecified atom stereocenters. The number of sulfonamides is 1. The molecule has 0 spiro atoms. The molecule has 0 bridgehead atoms. The highest BCUT2D eigenvalue weighted by Gasteiger charge is 2.25. The van der Waals surface area contributed by atoms with Crippen molar-refractivity contribution in [1.29, 1.82) is 0 Å². The van der Waals surface area contributed by atoms with Gasteiger partial charge in [-0.2, -0.15) is 4.31 Å². The maximum Gasteiger partial charge on any atom is 0.243 e. The van der Waals surface area contributed by atoms with E-state index in [0.717, 1.165) is 11.4 Å². The standard InChI is InChI=1S/C13H16ClN3O2S2/c1-3-8-17(9-13-16-15-10(2)20-13)21(18,19)12-6-4-11(14)5-7-12/h4-7H,3,8-9H2,1-2H3. The Morgan fingerprint density at radius 2 is 1.90 bits per heavy atom. The van der Waals surface area contributed by atoms with Crippen LogP contribution in [0.5, 0.6) is 0 Å². The molecule has 0 amide bonds. The maximum atomic E-state index is 12.7.